The predicted octanol–water partition coefficient (Wildman–Crippen LogP) is 4.40. The Morgan fingerprint density at radius 1 is 1.19 bits per heavy atom. The van der Waals surface area contributed by atoms with E-state index in [2.05, 4.69) is 51.6 Å². The molecule has 0 bridgehead atoms. The van der Waals surface area contributed by atoms with E-state index in [4.69, 9.17) is 16.3 Å². The summed E-state index contributed by atoms with van der Waals surface area (Å²) >= 11 is 9.58. The van der Waals surface area contributed by atoms with Gasteiger partial charge in [-0.25, -0.2) is 0 Å². The van der Waals surface area contributed by atoms with Crippen LogP contribution in [0.3, 0.4) is 0 Å². The van der Waals surface area contributed by atoms with E-state index in [1.54, 1.807) is 7.11 Å². The average molecular weight is 369 g/mol. The lowest BCUT2D eigenvalue weighted by molar-refractivity contribution is 0.405. The zero-order chi connectivity index (χ0) is 15.1. The summed E-state index contributed by atoms with van der Waals surface area (Å²) in [5, 5.41) is 3.50. The molecule has 0 amide bonds. The van der Waals surface area contributed by atoms with Gasteiger partial charge in [-0.05, 0) is 30.2 Å². The van der Waals surface area contributed by atoms with Crippen LogP contribution in [0.1, 0.15) is 11.1 Å². The van der Waals surface area contributed by atoms with E-state index in [1.165, 1.54) is 5.56 Å². The maximum absolute atomic E-state index is 6.09. The van der Waals surface area contributed by atoms with Gasteiger partial charge in [-0.3, -0.25) is 0 Å². The minimum absolute atomic E-state index is 0.234. The fraction of sp³-hybridized carbons (Fsp3) is 0.294. The van der Waals surface area contributed by atoms with Gasteiger partial charge >= 0.3 is 0 Å². The van der Waals surface area contributed by atoms with E-state index in [0.717, 1.165) is 28.8 Å². The topological polar surface area (TPSA) is 21.3 Å². The number of ether oxygens (including phenoxy) is 1. The van der Waals surface area contributed by atoms with E-state index < -0.39 is 0 Å². The molecule has 2 aromatic rings. The molecule has 2 nitrogen and oxygen atoms in total. The fourth-order valence-electron chi connectivity index (χ4n) is 2.22. The van der Waals surface area contributed by atoms with Crippen LogP contribution in [0, 0.1) is 0 Å². The molecule has 0 saturated carbocycles. The van der Waals surface area contributed by atoms with Crippen molar-refractivity contribution in [2.45, 2.75) is 19.0 Å². The highest BCUT2D eigenvalue weighted by Crippen LogP contribution is 2.23. The van der Waals surface area contributed by atoms with E-state index in [1.807, 2.05) is 18.2 Å². The molecule has 0 aliphatic rings. The summed E-state index contributed by atoms with van der Waals surface area (Å²) in [6.45, 7) is 0.729. The highest BCUT2D eigenvalue weighted by molar-refractivity contribution is 9.10. The van der Waals surface area contributed by atoms with Gasteiger partial charge in [0.15, 0.2) is 0 Å². The lowest BCUT2D eigenvalue weighted by Gasteiger charge is -2.17. The molecule has 1 N–H and O–H groups in total. The zero-order valence-electron chi connectivity index (χ0n) is 12.0. The van der Waals surface area contributed by atoms with Gasteiger partial charge in [0.05, 0.1) is 7.11 Å². The number of nitrogens with one attached hydrogen (secondary N) is 1. The Morgan fingerprint density at radius 2 is 1.95 bits per heavy atom. The van der Waals surface area contributed by atoms with Crippen LogP contribution in [0.2, 0.25) is 0 Å². The van der Waals surface area contributed by atoms with Crippen molar-refractivity contribution in [1.29, 1.82) is 0 Å². The summed E-state index contributed by atoms with van der Waals surface area (Å²) in [5.41, 5.74) is 2.41. The number of benzene rings is 2. The number of alkyl halides is 1. The first-order valence-electron chi connectivity index (χ1n) is 6.88. The summed E-state index contributed by atoms with van der Waals surface area (Å²) in [7, 11) is 1.69. The number of halogens is 2. The summed E-state index contributed by atoms with van der Waals surface area (Å²) in [6, 6.07) is 16.6. The van der Waals surface area contributed by atoms with Gasteiger partial charge in [0.1, 0.15) is 5.75 Å². The largest absolute Gasteiger partial charge is 0.496 e. The third kappa shape index (κ3) is 5.03. The van der Waals surface area contributed by atoms with Crippen LogP contribution in [-0.2, 0) is 13.0 Å². The van der Waals surface area contributed by atoms with E-state index in [0.29, 0.717) is 5.88 Å². The number of methoxy groups -OCH3 is 1. The van der Waals surface area contributed by atoms with Crippen LogP contribution >= 0.6 is 27.5 Å². The third-order valence-electron chi connectivity index (χ3n) is 3.33. The first-order chi connectivity index (χ1) is 10.2. The lowest BCUT2D eigenvalue weighted by atomic mass is 10.1. The molecule has 0 aliphatic carbocycles. The minimum atomic E-state index is 0.234. The molecule has 4 heteroatoms. The van der Waals surface area contributed by atoms with Crippen molar-refractivity contribution in [2.75, 3.05) is 13.0 Å². The summed E-state index contributed by atoms with van der Waals surface area (Å²) < 4.78 is 6.44. The van der Waals surface area contributed by atoms with Crippen molar-refractivity contribution in [3.63, 3.8) is 0 Å². The summed E-state index contributed by atoms with van der Waals surface area (Å²) in [4.78, 5) is 0. The molecule has 0 fully saturated rings. The van der Waals surface area contributed by atoms with Crippen LogP contribution in [0.25, 0.3) is 0 Å². The van der Waals surface area contributed by atoms with Gasteiger partial charge in [-0.15, -0.1) is 11.6 Å². The van der Waals surface area contributed by atoms with Crippen LogP contribution in [0.5, 0.6) is 5.75 Å². The first kappa shape index (κ1) is 16.3. The monoisotopic (exact) mass is 367 g/mol. The van der Waals surface area contributed by atoms with Crippen LogP contribution in [0.15, 0.2) is 53.0 Å². The van der Waals surface area contributed by atoms with Crippen molar-refractivity contribution in [1.82, 2.24) is 5.32 Å². The van der Waals surface area contributed by atoms with Crippen molar-refractivity contribution >= 4 is 27.5 Å². The molecule has 0 heterocycles. The molecule has 0 spiro atoms. The molecule has 0 aliphatic heterocycles. The van der Waals surface area contributed by atoms with Crippen LogP contribution < -0.4 is 10.1 Å². The van der Waals surface area contributed by atoms with Crippen LogP contribution in [0.4, 0.5) is 0 Å². The molecule has 21 heavy (non-hydrogen) atoms. The Labute approximate surface area is 139 Å². The minimum Gasteiger partial charge on any atom is -0.496 e. The SMILES string of the molecule is COc1ccc(Br)cc1CNC(CCl)Cc1ccccc1. The molecule has 2 aromatic carbocycles. The highest BCUT2D eigenvalue weighted by Gasteiger charge is 2.10. The van der Waals surface area contributed by atoms with Gasteiger partial charge in [0.2, 0.25) is 0 Å². The van der Waals surface area contributed by atoms with E-state index in [9.17, 15) is 0 Å². The molecule has 2 rings (SSSR count). The first-order valence-corrected chi connectivity index (χ1v) is 8.21. The van der Waals surface area contributed by atoms with Crippen molar-refractivity contribution in [3.05, 3.63) is 64.1 Å². The standard InChI is InChI=1S/C17H19BrClNO/c1-21-17-8-7-15(18)10-14(17)12-20-16(11-19)9-13-5-3-2-4-6-13/h2-8,10,16,20H,9,11-12H2,1H3. The fourth-order valence-corrected chi connectivity index (χ4v) is 2.85. The molecule has 0 radical (unpaired) electrons. The van der Waals surface area contributed by atoms with Crippen molar-refractivity contribution in [2.24, 2.45) is 0 Å². The molecule has 0 aromatic heterocycles. The molecular formula is C17H19BrClNO. The van der Waals surface area contributed by atoms with Gasteiger partial charge in [0, 0.05) is 28.5 Å². The number of rotatable bonds is 7. The predicted molar refractivity (Wildman–Crippen MR) is 92.2 cm³/mol. The van der Waals surface area contributed by atoms with E-state index in [-0.39, 0.29) is 6.04 Å². The Kier molecular flexibility index (Phi) is 6.55. The lowest BCUT2D eigenvalue weighted by Crippen LogP contribution is -2.32. The van der Waals surface area contributed by atoms with Crippen molar-refractivity contribution < 1.29 is 4.74 Å². The second-order valence-corrected chi connectivity index (χ2v) is 6.10. The number of hydrogen-bond acceptors (Lipinski definition) is 2. The van der Waals surface area contributed by atoms with Gasteiger partial charge in [-0.2, -0.15) is 0 Å². The Morgan fingerprint density at radius 3 is 2.62 bits per heavy atom. The third-order valence-corrected chi connectivity index (χ3v) is 4.20. The Balaban J connectivity index is 1.98. The van der Waals surface area contributed by atoms with Gasteiger partial charge in [-0.1, -0.05) is 46.3 Å². The second-order valence-electron chi connectivity index (χ2n) is 4.88. The number of hydrogen-bond donors (Lipinski definition) is 1. The molecular weight excluding hydrogens is 350 g/mol. The smallest absolute Gasteiger partial charge is 0.123 e. The summed E-state index contributed by atoms with van der Waals surface area (Å²) in [6.07, 6.45) is 0.917. The maximum Gasteiger partial charge on any atom is 0.123 e. The highest BCUT2D eigenvalue weighted by atomic mass is 79.9. The summed E-state index contributed by atoms with van der Waals surface area (Å²) in [5.74, 6) is 1.46. The van der Waals surface area contributed by atoms with Gasteiger partial charge < -0.3 is 10.1 Å². The molecule has 1 atom stereocenters. The van der Waals surface area contributed by atoms with Crippen LogP contribution in [-0.4, -0.2) is 19.0 Å². The maximum atomic E-state index is 6.09. The van der Waals surface area contributed by atoms with Gasteiger partial charge in [0.25, 0.3) is 0 Å². The van der Waals surface area contributed by atoms with E-state index >= 15 is 0 Å². The molecule has 1 unspecified atom stereocenters. The Bertz CT molecular complexity index is 562. The molecule has 112 valence electrons. The normalized spacial score (nSPS) is 12.1. The molecule has 0 saturated heterocycles. The average Bonchev–Trinajstić information content (AvgIpc) is 2.52. The second kappa shape index (κ2) is 8.42. The van der Waals surface area contributed by atoms with Crippen molar-refractivity contribution in [3.8, 4) is 5.75 Å². The Hall–Kier alpha value is -1.03. The zero-order valence-corrected chi connectivity index (χ0v) is 14.3. The quantitative estimate of drug-likeness (QED) is 0.732.